The van der Waals surface area contributed by atoms with E-state index >= 15 is 0 Å². The van der Waals surface area contributed by atoms with Crippen LogP contribution in [0.1, 0.15) is 11.1 Å². The summed E-state index contributed by atoms with van der Waals surface area (Å²) in [6.07, 6.45) is 1.71. The fourth-order valence-electron chi connectivity index (χ4n) is 3.29. The zero-order valence-electron chi connectivity index (χ0n) is 18.3. The van der Waals surface area contributed by atoms with E-state index in [0.29, 0.717) is 27.4 Å². The Kier molecular flexibility index (Phi) is 7.29. The second-order valence-electron chi connectivity index (χ2n) is 7.54. The number of hydrogen-bond donors (Lipinski definition) is 2. The van der Waals surface area contributed by atoms with Gasteiger partial charge in [-0.05, 0) is 71.8 Å². The molecule has 0 atom stereocenters. The molecular formula is C27H20ClFN2O3S. The van der Waals surface area contributed by atoms with E-state index < -0.39 is 15.8 Å². The first-order valence-corrected chi connectivity index (χ1v) is 12.4. The summed E-state index contributed by atoms with van der Waals surface area (Å²) in [5.74, 6) is -0.845. The molecule has 8 heteroatoms. The van der Waals surface area contributed by atoms with Crippen molar-refractivity contribution in [2.45, 2.75) is 4.90 Å². The van der Waals surface area contributed by atoms with Crippen LogP contribution >= 0.6 is 11.6 Å². The van der Waals surface area contributed by atoms with Gasteiger partial charge in [0.1, 0.15) is 5.82 Å². The molecule has 0 aliphatic rings. The highest BCUT2D eigenvalue weighted by Crippen LogP contribution is 2.25. The first-order valence-electron chi connectivity index (χ1n) is 10.5. The number of rotatable bonds is 7. The standard InChI is InChI=1S/C27H20ClFN2O3S/c28-26-9-5-4-8-20(26)18-25(19-6-2-1-3-7-19)27(32)30-22-14-16-24(17-15-22)35(33,34)31-23-12-10-21(29)11-13-23/h1-18,31H,(H,30,32)/b25-18+. The van der Waals surface area contributed by atoms with Crippen LogP contribution in [0, 0.1) is 5.82 Å². The monoisotopic (exact) mass is 506 g/mol. The number of sulfonamides is 1. The van der Waals surface area contributed by atoms with E-state index in [-0.39, 0.29) is 16.5 Å². The van der Waals surface area contributed by atoms with Crippen LogP contribution in [0.5, 0.6) is 0 Å². The topological polar surface area (TPSA) is 75.3 Å². The maximum atomic E-state index is 13.2. The lowest BCUT2D eigenvalue weighted by Gasteiger charge is -2.12. The number of nitrogens with one attached hydrogen (secondary N) is 2. The summed E-state index contributed by atoms with van der Waals surface area (Å²) in [5.41, 5.74) is 2.44. The summed E-state index contributed by atoms with van der Waals surface area (Å²) in [7, 11) is -3.89. The van der Waals surface area contributed by atoms with Crippen molar-refractivity contribution in [3.63, 3.8) is 0 Å². The smallest absolute Gasteiger partial charge is 0.261 e. The molecule has 1 amide bonds. The summed E-state index contributed by atoms with van der Waals surface area (Å²) in [6.45, 7) is 0. The molecule has 0 unspecified atom stereocenters. The number of benzene rings is 4. The summed E-state index contributed by atoms with van der Waals surface area (Å²) < 4.78 is 40.7. The molecule has 0 spiro atoms. The van der Waals surface area contributed by atoms with Gasteiger partial charge < -0.3 is 5.32 Å². The summed E-state index contributed by atoms with van der Waals surface area (Å²) in [6, 6.07) is 27.1. The molecule has 35 heavy (non-hydrogen) atoms. The maximum Gasteiger partial charge on any atom is 0.261 e. The third-order valence-corrected chi connectivity index (χ3v) is 6.79. The fraction of sp³-hybridized carbons (Fsp3) is 0. The van der Waals surface area contributed by atoms with E-state index in [9.17, 15) is 17.6 Å². The Hall–Kier alpha value is -3.94. The van der Waals surface area contributed by atoms with E-state index in [0.717, 1.165) is 12.1 Å². The first kappa shape index (κ1) is 24.2. The van der Waals surface area contributed by atoms with Crippen LogP contribution in [-0.4, -0.2) is 14.3 Å². The van der Waals surface area contributed by atoms with Crippen molar-refractivity contribution in [2.24, 2.45) is 0 Å². The van der Waals surface area contributed by atoms with Crippen molar-refractivity contribution in [1.82, 2.24) is 0 Å². The van der Waals surface area contributed by atoms with E-state index in [4.69, 9.17) is 11.6 Å². The molecule has 0 fully saturated rings. The van der Waals surface area contributed by atoms with Crippen LogP contribution in [-0.2, 0) is 14.8 Å². The lowest BCUT2D eigenvalue weighted by molar-refractivity contribution is -0.111. The number of amides is 1. The van der Waals surface area contributed by atoms with Crippen LogP contribution in [0.25, 0.3) is 11.6 Å². The Morgan fingerprint density at radius 2 is 1.37 bits per heavy atom. The number of hydrogen-bond acceptors (Lipinski definition) is 3. The van der Waals surface area contributed by atoms with Crippen LogP contribution < -0.4 is 10.0 Å². The predicted octanol–water partition coefficient (Wildman–Crippen LogP) is 6.46. The van der Waals surface area contributed by atoms with Crippen molar-refractivity contribution in [2.75, 3.05) is 10.0 Å². The zero-order chi connectivity index (χ0) is 24.8. The van der Waals surface area contributed by atoms with Gasteiger partial charge in [0.2, 0.25) is 0 Å². The van der Waals surface area contributed by atoms with Gasteiger partial charge in [-0.25, -0.2) is 12.8 Å². The summed E-state index contributed by atoms with van der Waals surface area (Å²) in [5, 5.41) is 3.32. The second-order valence-corrected chi connectivity index (χ2v) is 9.63. The highest BCUT2D eigenvalue weighted by Gasteiger charge is 2.16. The third kappa shape index (κ3) is 6.15. The SMILES string of the molecule is O=C(Nc1ccc(S(=O)(=O)Nc2ccc(F)cc2)cc1)/C(=C/c1ccccc1Cl)c1ccccc1. The lowest BCUT2D eigenvalue weighted by atomic mass is 10.0. The van der Waals surface area contributed by atoms with Gasteiger partial charge in [-0.2, -0.15) is 0 Å². The minimum Gasteiger partial charge on any atom is -0.322 e. The number of carbonyl (C=O) groups is 1. The summed E-state index contributed by atoms with van der Waals surface area (Å²) in [4.78, 5) is 13.2. The normalized spacial score (nSPS) is 11.7. The molecule has 0 saturated carbocycles. The molecule has 0 radical (unpaired) electrons. The molecule has 0 aliphatic carbocycles. The molecule has 0 aromatic heterocycles. The number of anilines is 2. The van der Waals surface area contributed by atoms with Crippen molar-refractivity contribution >= 4 is 50.6 Å². The minimum atomic E-state index is -3.89. The molecule has 4 aromatic carbocycles. The number of carbonyl (C=O) groups excluding carboxylic acids is 1. The first-order chi connectivity index (χ1) is 16.8. The van der Waals surface area contributed by atoms with Gasteiger partial charge in [0.05, 0.1) is 4.90 Å². The van der Waals surface area contributed by atoms with Gasteiger partial charge in [-0.3, -0.25) is 9.52 Å². The molecular weight excluding hydrogens is 487 g/mol. The molecule has 5 nitrogen and oxygen atoms in total. The van der Waals surface area contributed by atoms with Crippen LogP contribution in [0.15, 0.2) is 108 Å². The van der Waals surface area contributed by atoms with Crippen LogP contribution in [0.4, 0.5) is 15.8 Å². The molecule has 4 rings (SSSR count). The van der Waals surface area contributed by atoms with Crippen molar-refractivity contribution in [1.29, 1.82) is 0 Å². The van der Waals surface area contributed by atoms with Crippen LogP contribution in [0.2, 0.25) is 5.02 Å². The van der Waals surface area contributed by atoms with Crippen molar-refractivity contribution in [3.05, 3.63) is 125 Å². The molecule has 0 saturated heterocycles. The zero-order valence-corrected chi connectivity index (χ0v) is 19.9. The van der Waals surface area contributed by atoms with Gasteiger partial charge >= 0.3 is 0 Å². The van der Waals surface area contributed by atoms with Crippen LogP contribution in [0.3, 0.4) is 0 Å². The highest BCUT2D eigenvalue weighted by atomic mass is 35.5. The quantitative estimate of drug-likeness (QED) is 0.223. The van der Waals surface area contributed by atoms with Gasteiger partial charge in [-0.15, -0.1) is 0 Å². The lowest BCUT2D eigenvalue weighted by Crippen LogP contribution is -2.15. The Morgan fingerprint density at radius 1 is 0.771 bits per heavy atom. The number of halogens is 2. The Balaban J connectivity index is 1.56. The third-order valence-electron chi connectivity index (χ3n) is 5.05. The van der Waals surface area contributed by atoms with Gasteiger partial charge in [0, 0.05) is 22.0 Å². The second kappa shape index (κ2) is 10.5. The van der Waals surface area contributed by atoms with Gasteiger partial charge in [-0.1, -0.05) is 60.1 Å². The van der Waals surface area contributed by atoms with E-state index in [1.165, 1.54) is 36.4 Å². The van der Waals surface area contributed by atoms with E-state index in [1.54, 1.807) is 12.1 Å². The minimum absolute atomic E-state index is 0.00489. The predicted molar refractivity (Wildman–Crippen MR) is 138 cm³/mol. The molecule has 2 N–H and O–H groups in total. The Morgan fingerprint density at radius 3 is 2.03 bits per heavy atom. The average molecular weight is 507 g/mol. The average Bonchev–Trinajstić information content (AvgIpc) is 2.85. The molecule has 4 aromatic rings. The Labute approximate surface area is 207 Å². The van der Waals surface area contributed by atoms with E-state index in [2.05, 4.69) is 10.0 Å². The van der Waals surface area contributed by atoms with Crippen molar-refractivity contribution in [3.8, 4) is 0 Å². The fourth-order valence-corrected chi connectivity index (χ4v) is 4.54. The molecule has 176 valence electrons. The molecule has 0 bridgehead atoms. The van der Waals surface area contributed by atoms with Crippen molar-refractivity contribution < 1.29 is 17.6 Å². The largest absolute Gasteiger partial charge is 0.322 e. The van der Waals surface area contributed by atoms with E-state index in [1.807, 2.05) is 48.5 Å². The van der Waals surface area contributed by atoms with Gasteiger partial charge in [0.15, 0.2) is 0 Å². The molecule has 0 heterocycles. The maximum absolute atomic E-state index is 13.2. The molecule has 0 aliphatic heterocycles. The van der Waals surface area contributed by atoms with Gasteiger partial charge in [0.25, 0.3) is 15.9 Å². The highest BCUT2D eigenvalue weighted by molar-refractivity contribution is 7.92. The summed E-state index contributed by atoms with van der Waals surface area (Å²) >= 11 is 6.29. The Bertz CT molecular complexity index is 1470.